The summed E-state index contributed by atoms with van der Waals surface area (Å²) in [7, 11) is -3.00. The van der Waals surface area contributed by atoms with Crippen LogP contribution in [0.5, 0.6) is 5.75 Å². The van der Waals surface area contributed by atoms with Crippen LogP contribution >= 0.6 is 11.3 Å². The highest BCUT2D eigenvalue weighted by atomic mass is 32.2. The lowest BCUT2D eigenvalue weighted by molar-refractivity contribution is 0.305. The summed E-state index contributed by atoms with van der Waals surface area (Å²) in [6.07, 6.45) is 2.74. The van der Waals surface area contributed by atoms with E-state index in [1.165, 1.54) is 36.1 Å². The van der Waals surface area contributed by atoms with Gasteiger partial charge in [-0.2, -0.15) is 0 Å². The van der Waals surface area contributed by atoms with Gasteiger partial charge >= 0.3 is 0 Å². The van der Waals surface area contributed by atoms with Gasteiger partial charge in [0.1, 0.15) is 45.2 Å². The lowest BCUT2D eigenvalue weighted by Gasteiger charge is -2.11. The first kappa shape index (κ1) is 26.7. The number of thiazole rings is 1. The van der Waals surface area contributed by atoms with Crippen LogP contribution in [-0.2, 0) is 23.0 Å². The zero-order valence-corrected chi connectivity index (χ0v) is 22.7. The van der Waals surface area contributed by atoms with Crippen molar-refractivity contribution < 1.29 is 17.5 Å². The number of fused-ring (bicyclic) bond motifs is 1. The molecule has 200 valence electrons. The molecule has 0 aliphatic heterocycles. The van der Waals surface area contributed by atoms with Gasteiger partial charge in [-0.1, -0.05) is 18.2 Å². The Morgan fingerprint density at radius 3 is 2.67 bits per heavy atom. The largest absolute Gasteiger partial charge is 0.489 e. The fourth-order valence-corrected chi connectivity index (χ4v) is 5.15. The number of hydrogen-bond donors (Lipinski definition) is 2. The Balaban J connectivity index is 1.26. The van der Waals surface area contributed by atoms with Crippen LogP contribution in [0, 0.1) is 5.82 Å². The summed E-state index contributed by atoms with van der Waals surface area (Å²) in [6.45, 7) is 1.17. The van der Waals surface area contributed by atoms with Crippen molar-refractivity contribution in [2.24, 2.45) is 0 Å². The average Bonchev–Trinajstić information content (AvgIpc) is 3.39. The molecule has 0 fully saturated rings. The van der Waals surface area contributed by atoms with E-state index in [1.54, 1.807) is 6.07 Å². The van der Waals surface area contributed by atoms with E-state index < -0.39 is 9.84 Å². The van der Waals surface area contributed by atoms with Gasteiger partial charge in [-0.15, -0.1) is 11.3 Å². The van der Waals surface area contributed by atoms with Crippen molar-refractivity contribution in [3.8, 4) is 17.0 Å². The minimum Gasteiger partial charge on any atom is -0.489 e. The maximum absolute atomic E-state index is 13.4. The van der Waals surface area contributed by atoms with Gasteiger partial charge in [0, 0.05) is 41.4 Å². The molecular formula is C28H26FN5O3S2. The fraction of sp³-hybridized carbons (Fsp3) is 0.179. The van der Waals surface area contributed by atoms with Crippen molar-refractivity contribution in [3.05, 3.63) is 94.8 Å². The van der Waals surface area contributed by atoms with Gasteiger partial charge < -0.3 is 15.4 Å². The maximum Gasteiger partial charge on any atom is 0.148 e. The molecule has 2 N–H and O–H groups in total. The van der Waals surface area contributed by atoms with Crippen LogP contribution in [0.3, 0.4) is 0 Å². The smallest absolute Gasteiger partial charge is 0.148 e. The summed E-state index contributed by atoms with van der Waals surface area (Å²) >= 11 is 1.52. The molecule has 0 atom stereocenters. The zero-order valence-electron chi connectivity index (χ0n) is 21.1. The van der Waals surface area contributed by atoms with E-state index in [0.717, 1.165) is 38.4 Å². The van der Waals surface area contributed by atoms with Crippen LogP contribution in [0.15, 0.2) is 78.4 Å². The number of aromatic nitrogens is 3. The molecular weight excluding hydrogens is 537 g/mol. The molecule has 5 rings (SSSR count). The molecule has 39 heavy (non-hydrogen) atoms. The van der Waals surface area contributed by atoms with E-state index in [4.69, 9.17) is 9.72 Å². The van der Waals surface area contributed by atoms with Crippen LogP contribution in [-0.4, -0.2) is 41.9 Å². The summed E-state index contributed by atoms with van der Waals surface area (Å²) in [5.74, 6) is 1.14. The quantitative estimate of drug-likeness (QED) is 0.207. The fourth-order valence-electron chi connectivity index (χ4n) is 3.86. The molecule has 0 saturated heterocycles. The molecule has 0 unspecified atom stereocenters. The van der Waals surface area contributed by atoms with Gasteiger partial charge in [0.2, 0.25) is 0 Å². The van der Waals surface area contributed by atoms with Gasteiger partial charge in [0.05, 0.1) is 17.0 Å². The molecule has 0 amide bonds. The summed E-state index contributed by atoms with van der Waals surface area (Å²) in [4.78, 5) is 13.5. The lowest BCUT2D eigenvalue weighted by atomic mass is 10.1. The highest BCUT2D eigenvalue weighted by molar-refractivity contribution is 7.90. The second-order valence-corrected chi connectivity index (χ2v) is 12.2. The molecule has 0 radical (unpaired) electrons. The monoisotopic (exact) mass is 563 g/mol. The number of hydrogen-bond acceptors (Lipinski definition) is 9. The Labute approximate surface area is 229 Å². The lowest BCUT2D eigenvalue weighted by Crippen LogP contribution is -2.21. The van der Waals surface area contributed by atoms with Crippen molar-refractivity contribution in [3.63, 3.8) is 0 Å². The SMILES string of the molecule is CS(=O)(=O)CCNCc1nc(-c2ccc3ncnc(Nc4ccc(OCc5cccc(F)c5)cc4)c3c2)cs1. The molecule has 2 aromatic heterocycles. The van der Waals surface area contributed by atoms with Crippen molar-refractivity contribution in [2.45, 2.75) is 13.2 Å². The summed E-state index contributed by atoms with van der Waals surface area (Å²) < 4.78 is 41.8. The number of rotatable bonds is 11. The Hall–Kier alpha value is -3.93. The molecule has 0 bridgehead atoms. The third-order valence-electron chi connectivity index (χ3n) is 5.82. The predicted molar refractivity (Wildman–Crippen MR) is 153 cm³/mol. The first-order chi connectivity index (χ1) is 18.8. The molecule has 0 saturated carbocycles. The molecule has 11 heteroatoms. The first-order valence-electron chi connectivity index (χ1n) is 12.1. The summed E-state index contributed by atoms with van der Waals surface area (Å²) in [5.41, 5.74) is 4.14. The van der Waals surface area contributed by atoms with E-state index in [-0.39, 0.29) is 18.2 Å². The highest BCUT2D eigenvalue weighted by Gasteiger charge is 2.10. The average molecular weight is 564 g/mol. The topological polar surface area (TPSA) is 106 Å². The second-order valence-electron chi connectivity index (χ2n) is 8.96. The molecule has 2 heterocycles. The standard InChI is InChI=1S/C28H26FN5O3S2/c1-39(35,36)12-11-30-15-27-34-26(17-38-27)20-5-10-25-24(14-20)28(32-18-31-25)33-22-6-8-23(9-7-22)37-16-19-3-2-4-21(29)13-19/h2-10,13-14,17-18,30H,11-12,15-16H2,1H3,(H,31,32,33). The normalized spacial score (nSPS) is 11.5. The summed E-state index contributed by atoms with van der Waals surface area (Å²) in [5, 5.41) is 10.2. The molecule has 0 aliphatic carbocycles. The minimum absolute atomic E-state index is 0.0936. The van der Waals surface area contributed by atoms with Crippen molar-refractivity contribution in [1.29, 1.82) is 0 Å². The van der Waals surface area contributed by atoms with Gasteiger partial charge in [-0.3, -0.25) is 0 Å². The Morgan fingerprint density at radius 1 is 1.03 bits per heavy atom. The van der Waals surface area contributed by atoms with Crippen molar-refractivity contribution in [2.75, 3.05) is 23.9 Å². The number of benzene rings is 3. The number of nitrogens with zero attached hydrogens (tertiary/aromatic N) is 3. The van der Waals surface area contributed by atoms with Gasteiger partial charge in [-0.05, 0) is 54.1 Å². The first-order valence-corrected chi connectivity index (χ1v) is 15.1. The maximum atomic E-state index is 13.4. The third kappa shape index (κ3) is 7.34. The van der Waals surface area contributed by atoms with Crippen LogP contribution in [0.4, 0.5) is 15.9 Å². The zero-order chi connectivity index (χ0) is 27.2. The number of anilines is 2. The van der Waals surface area contributed by atoms with E-state index >= 15 is 0 Å². The molecule has 8 nitrogen and oxygen atoms in total. The second kappa shape index (κ2) is 11.9. The van der Waals surface area contributed by atoms with Gasteiger partial charge in [0.25, 0.3) is 0 Å². The molecule has 0 aliphatic rings. The van der Waals surface area contributed by atoms with E-state index in [9.17, 15) is 12.8 Å². The van der Waals surface area contributed by atoms with Crippen LogP contribution < -0.4 is 15.4 Å². The molecule has 5 aromatic rings. The van der Waals surface area contributed by atoms with Gasteiger partial charge in [-0.25, -0.2) is 27.8 Å². The predicted octanol–water partition coefficient (Wildman–Crippen LogP) is 5.35. The van der Waals surface area contributed by atoms with E-state index in [2.05, 4.69) is 20.6 Å². The number of halogens is 1. The van der Waals surface area contributed by atoms with Gasteiger partial charge in [0.15, 0.2) is 0 Å². The minimum atomic E-state index is -3.00. The highest BCUT2D eigenvalue weighted by Crippen LogP contribution is 2.30. The van der Waals surface area contributed by atoms with E-state index in [0.29, 0.717) is 24.7 Å². The Bertz CT molecular complexity index is 1690. The molecule has 0 spiro atoms. The van der Waals surface area contributed by atoms with Crippen LogP contribution in [0.2, 0.25) is 0 Å². The Morgan fingerprint density at radius 2 is 1.87 bits per heavy atom. The van der Waals surface area contributed by atoms with Crippen LogP contribution in [0.25, 0.3) is 22.2 Å². The molecule has 3 aromatic carbocycles. The van der Waals surface area contributed by atoms with Crippen LogP contribution in [0.1, 0.15) is 10.6 Å². The Kier molecular flexibility index (Phi) is 8.10. The summed E-state index contributed by atoms with van der Waals surface area (Å²) in [6, 6.07) is 19.7. The number of ether oxygens (including phenoxy) is 1. The third-order valence-corrected chi connectivity index (χ3v) is 7.61. The number of nitrogens with one attached hydrogen (secondary N) is 2. The van der Waals surface area contributed by atoms with E-state index in [1.807, 2.05) is 53.9 Å². The number of sulfone groups is 1. The van der Waals surface area contributed by atoms with Crippen molar-refractivity contribution >= 4 is 43.6 Å². The van der Waals surface area contributed by atoms with Crippen molar-refractivity contribution in [1.82, 2.24) is 20.3 Å².